The van der Waals surface area contributed by atoms with Crippen molar-refractivity contribution in [3.05, 3.63) is 0 Å². The van der Waals surface area contributed by atoms with Crippen LogP contribution in [-0.2, 0) is 21.9 Å². The van der Waals surface area contributed by atoms with Crippen molar-refractivity contribution in [2.45, 2.75) is 64.7 Å². The maximum absolute atomic E-state index is 10.2. The Morgan fingerprint density at radius 2 is 1.36 bits per heavy atom. The van der Waals surface area contributed by atoms with Gasteiger partial charge in [0.15, 0.2) is 0 Å². The quantitative estimate of drug-likeness (QED) is 0.495. The maximum Gasteiger partial charge on any atom is 0.303 e. The van der Waals surface area contributed by atoms with E-state index in [4.69, 9.17) is 5.11 Å². The average molecular weight is 242 g/mol. The molecule has 0 rings (SSSR count). The van der Waals surface area contributed by atoms with Crippen LogP contribution in [0.1, 0.15) is 64.7 Å². The van der Waals surface area contributed by atoms with Crippen LogP contribution in [0, 0.1) is 0 Å². The molecule has 0 aliphatic rings. The van der Waals surface area contributed by atoms with Crippen LogP contribution in [0.2, 0.25) is 0 Å². The van der Waals surface area contributed by atoms with Crippen molar-refractivity contribution < 1.29 is 27.0 Å². The molecule has 0 saturated heterocycles. The van der Waals surface area contributed by atoms with Gasteiger partial charge in [-0.15, -0.1) is 0 Å². The van der Waals surface area contributed by atoms with E-state index < -0.39 is 5.97 Å². The summed E-state index contributed by atoms with van der Waals surface area (Å²) in [5.74, 6) is -0.661. The smallest absolute Gasteiger partial charge is 0.303 e. The van der Waals surface area contributed by atoms with Gasteiger partial charge in [0.25, 0.3) is 0 Å². The molecule has 0 aromatic carbocycles. The minimum Gasteiger partial charge on any atom is -0.481 e. The van der Waals surface area contributed by atoms with Gasteiger partial charge in [0.05, 0.1) is 0 Å². The number of carboxylic acids is 1. The molecule has 3 heteroatoms. The van der Waals surface area contributed by atoms with E-state index in [9.17, 15) is 4.79 Å². The zero-order valence-electron chi connectivity index (χ0n) is 9.07. The fourth-order valence-corrected chi connectivity index (χ4v) is 1.41. The van der Waals surface area contributed by atoms with Crippen molar-refractivity contribution in [3.63, 3.8) is 0 Å². The molecule has 0 spiro atoms. The van der Waals surface area contributed by atoms with Crippen LogP contribution in [0.15, 0.2) is 0 Å². The Hall–Kier alpha value is -0.0105. The van der Waals surface area contributed by atoms with Crippen LogP contribution >= 0.6 is 0 Å². The predicted octanol–water partition coefficient (Wildman–Crippen LogP) is 3.60. The molecule has 86 valence electrons. The van der Waals surface area contributed by atoms with Gasteiger partial charge in [0, 0.05) is 23.5 Å². The molecule has 0 bridgehead atoms. The first kappa shape index (κ1) is 16.4. The van der Waals surface area contributed by atoms with Crippen LogP contribution in [-0.4, -0.2) is 11.1 Å². The molecule has 0 aliphatic heterocycles. The third kappa shape index (κ3) is 14.5. The Morgan fingerprint density at radius 1 is 0.929 bits per heavy atom. The second kappa shape index (κ2) is 13.0. The van der Waals surface area contributed by atoms with E-state index in [2.05, 4.69) is 6.92 Å². The number of carbonyl (C=O) groups is 1. The number of carboxylic acid groups (broad SMARTS) is 1. The Balaban J connectivity index is 0. The molecule has 0 heterocycles. The van der Waals surface area contributed by atoms with Gasteiger partial charge >= 0.3 is 5.97 Å². The van der Waals surface area contributed by atoms with E-state index in [0.29, 0.717) is 6.42 Å². The molecule has 14 heavy (non-hydrogen) atoms. The minimum absolute atomic E-state index is 0. The topological polar surface area (TPSA) is 37.3 Å². The van der Waals surface area contributed by atoms with E-state index in [1.807, 2.05) is 0 Å². The van der Waals surface area contributed by atoms with Crippen molar-refractivity contribution >= 4 is 5.97 Å². The average Bonchev–Trinajstić information content (AvgIpc) is 2.09. The maximum atomic E-state index is 10.2. The Morgan fingerprint density at radius 3 is 1.79 bits per heavy atom. The summed E-state index contributed by atoms with van der Waals surface area (Å²) in [5, 5.41) is 8.39. The molecule has 0 aromatic rings. The Bertz CT molecular complexity index is 126. The molecule has 1 N–H and O–H groups in total. The van der Waals surface area contributed by atoms with E-state index in [1.54, 1.807) is 0 Å². The summed E-state index contributed by atoms with van der Waals surface area (Å²) >= 11 is 0. The van der Waals surface area contributed by atoms with E-state index in [1.165, 1.54) is 38.5 Å². The molecule has 2 nitrogen and oxygen atoms in total. The standard InChI is InChI=1S/C11H22O2.Fe/c1-2-3-4-5-6-7-8-9-10-11(12)13;/h2-10H2,1H3,(H,12,13);. The summed E-state index contributed by atoms with van der Waals surface area (Å²) in [7, 11) is 0. The Labute approximate surface area is 97.9 Å². The number of unbranched alkanes of at least 4 members (excludes halogenated alkanes) is 7. The minimum atomic E-state index is -0.661. The van der Waals surface area contributed by atoms with Gasteiger partial charge in [-0.05, 0) is 6.42 Å². The number of aliphatic carboxylic acids is 1. The second-order valence-electron chi connectivity index (χ2n) is 3.62. The van der Waals surface area contributed by atoms with Gasteiger partial charge < -0.3 is 5.11 Å². The zero-order valence-corrected chi connectivity index (χ0v) is 10.2. The SMILES string of the molecule is CCCCCCCCCCC(=O)O.[Fe]. The predicted molar refractivity (Wildman–Crippen MR) is 54.9 cm³/mol. The van der Waals surface area contributed by atoms with Crippen LogP contribution in [0.5, 0.6) is 0 Å². The van der Waals surface area contributed by atoms with Crippen molar-refractivity contribution in [2.24, 2.45) is 0 Å². The van der Waals surface area contributed by atoms with Crippen LogP contribution < -0.4 is 0 Å². The van der Waals surface area contributed by atoms with Gasteiger partial charge in [-0.2, -0.15) is 0 Å². The number of hydrogen-bond donors (Lipinski definition) is 1. The van der Waals surface area contributed by atoms with Crippen LogP contribution in [0.3, 0.4) is 0 Å². The summed E-state index contributed by atoms with van der Waals surface area (Å²) in [5.41, 5.74) is 0. The molecular weight excluding hydrogens is 220 g/mol. The Kier molecular flexibility index (Phi) is 15.2. The van der Waals surface area contributed by atoms with Gasteiger partial charge in [0.1, 0.15) is 0 Å². The molecule has 0 unspecified atom stereocenters. The molecule has 0 amide bonds. The molecule has 0 fully saturated rings. The summed E-state index contributed by atoms with van der Waals surface area (Å²) in [6.07, 6.45) is 10.1. The van der Waals surface area contributed by atoms with Gasteiger partial charge in [-0.25, -0.2) is 0 Å². The van der Waals surface area contributed by atoms with Gasteiger partial charge in [-0.1, -0.05) is 51.9 Å². The monoisotopic (exact) mass is 242 g/mol. The molecular formula is C11H22FeO2. The van der Waals surface area contributed by atoms with Crippen LogP contribution in [0.4, 0.5) is 0 Å². The summed E-state index contributed by atoms with van der Waals surface area (Å²) in [6, 6.07) is 0. The van der Waals surface area contributed by atoms with E-state index >= 15 is 0 Å². The molecule has 0 radical (unpaired) electrons. The molecule has 0 atom stereocenters. The molecule has 0 aromatic heterocycles. The fourth-order valence-electron chi connectivity index (χ4n) is 1.41. The summed E-state index contributed by atoms with van der Waals surface area (Å²) in [4.78, 5) is 10.2. The number of rotatable bonds is 9. The molecule has 0 aliphatic carbocycles. The normalized spacial score (nSPS) is 9.50. The van der Waals surface area contributed by atoms with Gasteiger partial charge in [-0.3, -0.25) is 4.79 Å². The first-order valence-electron chi connectivity index (χ1n) is 5.49. The van der Waals surface area contributed by atoms with Crippen molar-refractivity contribution in [3.8, 4) is 0 Å². The second-order valence-corrected chi connectivity index (χ2v) is 3.62. The largest absolute Gasteiger partial charge is 0.481 e. The molecule has 0 saturated carbocycles. The van der Waals surface area contributed by atoms with Crippen molar-refractivity contribution in [1.29, 1.82) is 0 Å². The van der Waals surface area contributed by atoms with Gasteiger partial charge in [0.2, 0.25) is 0 Å². The van der Waals surface area contributed by atoms with Crippen LogP contribution in [0.25, 0.3) is 0 Å². The first-order valence-corrected chi connectivity index (χ1v) is 5.49. The zero-order chi connectivity index (χ0) is 9.94. The first-order chi connectivity index (χ1) is 6.27. The third-order valence-corrected chi connectivity index (χ3v) is 2.24. The van der Waals surface area contributed by atoms with Crippen molar-refractivity contribution in [1.82, 2.24) is 0 Å². The van der Waals surface area contributed by atoms with E-state index in [0.717, 1.165) is 12.8 Å². The third-order valence-electron chi connectivity index (χ3n) is 2.24. The number of hydrogen-bond acceptors (Lipinski definition) is 1. The summed E-state index contributed by atoms with van der Waals surface area (Å²) < 4.78 is 0. The van der Waals surface area contributed by atoms with Crippen molar-refractivity contribution in [2.75, 3.05) is 0 Å². The fraction of sp³-hybridized carbons (Fsp3) is 0.909. The van der Waals surface area contributed by atoms with E-state index in [-0.39, 0.29) is 17.1 Å². The summed E-state index contributed by atoms with van der Waals surface area (Å²) in [6.45, 7) is 2.22.